The molecule has 1 heteroatoms. The highest BCUT2D eigenvalue weighted by molar-refractivity contribution is 5.46. The summed E-state index contributed by atoms with van der Waals surface area (Å²) < 4.78 is 0. The Kier molecular flexibility index (Phi) is 6.75. The van der Waals surface area contributed by atoms with Crippen molar-refractivity contribution in [2.45, 2.75) is 73.8 Å². The molecule has 0 amide bonds. The molecule has 0 bridgehead atoms. The molecular weight excluding hydrogens is 242 g/mol. The number of nitrogens with one attached hydrogen (secondary N) is 1. The van der Waals surface area contributed by atoms with Gasteiger partial charge in [0.2, 0.25) is 0 Å². The maximum atomic E-state index is 3.81. The second kappa shape index (κ2) is 7.83. The van der Waals surface area contributed by atoms with Crippen LogP contribution in [0.15, 0.2) is 6.07 Å². The first-order valence-corrected chi connectivity index (χ1v) is 8.24. The molecule has 0 heterocycles. The van der Waals surface area contributed by atoms with Gasteiger partial charge in [-0.2, -0.15) is 0 Å². The molecular formula is C19H33N. The van der Waals surface area contributed by atoms with Crippen molar-refractivity contribution in [3.63, 3.8) is 0 Å². The molecule has 1 aromatic carbocycles. The van der Waals surface area contributed by atoms with Crippen LogP contribution in [0.25, 0.3) is 0 Å². The highest BCUT2D eigenvalue weighted by Crippen LogP contribution is 2.33. The lowest BCUT2D eigenvalue weighted by Crippen LogP contribution is -2.29. The van der Waals surface area contributed by atoms with Crippen LogP contribution < -0.4 is 5.32 Å². The molecule has 0 saturated heterocycles. The summed E-state index contributed by atoms with van der Waals surface area (Å²) in [5.41, 5.74) is 7.36. The Morgan fingerprint density at radius 3 is 1.95 bits per heavy atom. The minimum atomic E-state index is 0.494. The zero-order chi connectivity index (χ0) is 15.3. The fourth-order valence-corrected chi connectivity index (χ4v) is 3.22. The van der Waals surface area contributed by atoms with Gasteiger partial charge in [0.25, 0.3) is 0 Å². The van der Waals surface area contributed by atoms with Crippen molar-refractivity contribution in [2.24, 2.45) is 5.92 Å². The standard InChI is InChI=1S/C19H33N/c1-8-10-13(3)19(20-11-9-2)18-16(6)14(4)12-15(5)17(18)7/h12-13,19-20H,8-11H2,1-7H3. The van der Waals surface area contributed by atoms with E-state index in [1.807, 2.05) is 0 Å². The normalized spacial score (nSPS) is 14.3. The molecule has 0 aliphatic carbocycles. The number of aryl methyl sites for hydroxylation is 2. The van der Waals surface area contributed by atoms with Gasteiger partial charge in [0.15, 0.2) is 0 Å². The van der Waals surface area contributed by atoms with Gasteiger partial charge in [-0.3, -0.25) is 0 Å². The number of hydrogen-bond donors (Lipinski definition) is 1. The molecule has 0 saturated carbocycles. The Morgan fingerprint density at radius 1 is 0.950 bits per heavy atom. The lowest BCUT2D eigenvalue weighted by Gasteiger charge is -2.30. The molecule has 1 aromatic rings. The first-order chi connectivity index (χ1) is 9.43. The molecule has 20 heavy (non-hydrogen) atoms. The monoisotopic (exact) mass is 275 g/mol. The van der Waals surface area contributed by atoms with E-state index in [4.69, 9.17) is 0 Å². The quantitative estimate of drug-likeness (QED) is 0.703. The molecule has 0 fully saturated rings. The summed E-state index contributed by atoms with van der Waals surface area (Å²) in [6, 6.07) is 2.82. The van der Waals surface area contributed by atoms with E-state index < -0.39 is 0 Å². The largest absolute Gasteiger partial charge is 0.310 e. The third-order valence-corrected chi connectivity index (χ3v) is 4.66. The highest BCUT2D eigenvalue weighted by atomic mass is 14.9. The molecule has 0 aromatic heterocycles. The maximum absolute atomic E-state index is 3.81. The van der Waals surface area contributed by atoms with E-state index in [1.165, 1.54) is 41.5 Å². The number of rotatable bonds is 7. The summed E-state index contributed by atoms with van der Waals surface area (Å²) in [6.07, 6.45) is 3.74. The van der Waals surface area contributed by atoms with Gasteiger partial charge in [-0.05, 0) is 80.8 Å². The Bertz CT molecular complexity index is 408. The zero-order valence-corrected chi connectivity index (χ0v) is 14.6. The fraction of sp³-hybridized carbons (Fsp3) is 0.684. The van der Waals surface area contributed by atoms with Gasteiger partial charge < -0.3 is 5.32 Å². The SMILES string of the molecule is CCCNC(c1c(C)c(C)cc(C)c1C)C(C)CCC. The smallest absolute Gasteiger partial charge is 0.0351 e. The van der Waals surface area contributed by atoms with Gasteiger partial charge in [-0.1, -0.05) is 33.3 Å². The van der Waals surface area contributed by atoms with Crippen molar-refractivity contribution in [1.82, 2.24) is 5.32 Å². The summed E-state index contributed by atoms with van der Waals surface area (Å²) in [5, 5.41) is 3.81. The Hall–Kier alpha value is -0.820. The molecule has 1 rings (SSSR count). The summed E-state index contributed by atoms with van der Waals surface area (Å²) >= 11 is 0. The Balaban J connectivity index is 3.25. The van der Waals surface area contributed by atoms with Crippen molar-refractivity contribution in [3.8, 4) is 0 Å². The summed E-state index contributed by atoms with van der Waals surface area (Å²) in [7, 11) is 0. The third-order valence-electron chi connectivity index (χ3n) is 4.66. The maximum Gasteiger partial charge on any atom is 0.0351 e. The summed E-state index contributed by atoms with van der Waals surface area (Å²) in [5.74, 6) is 0.685. The molecule has 2 unspecified atom stereocenters. The van der Waals surface area contributed by atoms with Crippen molar-refractivity contribution < 1.29 is 0 Å². The van der Waals surface area contributed by atoms with Crippen LogP contribution in [0, 0.1) is 33.6 Å². The highest BCUT2D eigenvalue weighted by Gasteiger charge is 2.23. The van der Waals surface area contributed by atoms with Gasteiger partial charge in [-0.25, -0.2) is 0 Å². The van der Waals surface area contributed by atoms with Crippen LogP contribution in [0.4, 0.5) is 0 Å². The molecule has 1 N–H and O–H groups in total. The molecule has 0 aliphatic heterocycles. The van der Waals surface area contributed by atoms with E-state index in [2.05, 4.69) is 59.8 Å². The predicted octanol–water partition coefficient (Wildman–Crippen LogP) is 5.40. The van der Waals surface area contributed by atoms with Crippen molar-refractivity contribution in [2.75, 3.05) is 6.54 Å². The number of hydrogen-bond acceptors (Lipinski definition) is 1. The minimum absolute atomic E-state index is 0.494. The predicted molar refractivity (Wildman–Crippen MR) is 90.5 cm³/mol. The van der Waals surface area contributed by atoms with Crippen molar-refractivity contribution >= 4 is 0 Å². The van der Waals surface area contributed by atoms with Crippen LogP contribution in [0.5, 0.6) is 0 Å². The fourth-order valence-electron chi connectivity index (χ4n) is 3.22. The van der Waals surface area contributed by atoms with E-state index in [9.17, 15) is 0 Å². The number of benzene rings is 1. The van der Waals surface area contributed by atoms with Gasteiger partial charge in [0, 0.05) is 6.04 Å². The van der Waals surface area contributed by atoms with Gasteiger partial charge in [0.1, 0.15) is 0 Å². The molecule has 1 nitrogen and oxygen atoms in total. The van der Waals surface area contributed by atoms with Crippen molar-refractivity contribution in [1.29, 1.82) is 0 Å². The van der Waals surface area contributed by atoms with E-state index in [0.29, 0.717) is 12.0 Å². The van der Waals surface area contributed by atoms with Gasteiger partial charge in [-0.15, -0.1) is 0 Å². The van der Waals surface area contributed by atoms with Crippen LogP contribution in [-0.2, 0) is 0 Å². The molecule has 0 aliphatic rings. The summed E-state index contributed by atoms with van der Waals surface area (Å²) in [4.78, 5) is 0. The first kappa shape index (κ1) is 17.2. The van der Waals surface area contributed by atoms with Gasteiger partial charge in [0.05, 0.1) is 0 Å². The van der Waals surface area contributed by atoms with Gasteiger partial charge >= 0.3 is 0 Å². The van der Waals surface area contributed by atoms with Crippen LogP contribution in [0.3, 0.4) is 0 Å². The second-order valence-electron chi connectivity index (χ2n) is 6.37. The van der Waals surface area contributed by atoms with Crippen LogP contribution in [0.2, 0.25) is 0 Å². The van der Waals surface area contributed by atoms with E-state index >= 15 is 0 Å². The second-order valence-corrected chi connectivity index (χ2v) is 6.37. The third kappa shape index (κ3) is 3.85. The van der Waals surface area contributed by atoms with Crippen molar-refractivity contribution in [3.05, 3.63) is 33.9 Å². The molecule has 2 atom stereocenters. The topological polar surface area (TPSA) is 12.0 Å². The Labute approximate surface area is 126 Å². The van der Waals surface area contributed by atoms with E-state index in [0.717, 1.165) is 6.54 Å². The average Bonchev–Trinajstić information content (AvgIpc) is 2.40. The molecule has 114 valence electrons. The van der Waals surface area contributed by atoms with Crippen LogP contribution in [-0.4, -0.2) is 6.54 Å². The zero-order valence-electron chi connectivity index (χ0n) is 14.6. The Morgan fingerprint density at radius 2 is 1.50 bits per heavy atom. The average molecular weight is 275 g/mol. The molecule has 0 radical (unpaired) electrons. The van der Waals surface area contributed by atoms with E-state index in [1.54, 1.807) is 5.56 Å². The van der Waals surface area contributed by atoms with E-state index in [-0.39, 0.29) is 0 Å². The minimum Gasteiger partial charge on any atom is -0.310 e. The first-order valence-electron chi connectivity index (χ1n) is 8.24. The lowest BCUT2D eigenvalue weighted by molar-refractivity contribution is 0.361. The van der Waals surface area contributed by atoms with Crippen LogP contribution >= 0.6 is 0 Å². The van der Waals surface area contributed by atoms with Crippen LogP contribution in [0.1, 0.15) is 73.9 Å². The summed E-state index contributed by atoms with van der Waals surface area (Å²) in [6.45, 7) is 17.1. The lowest BCUT2D eigenvalue weighted by atomic mass is 9.83. The molecule has 0 spiro atoms.